The maximum atomic E-state index is 13.6. The van der Waals surface area contributed by atoms with Crippen molar-refractivity contribution in [2.24, 2.45) is 0 Å². The van der Waals surface area contributed by atoms with Crippen LogP contribution in [0.25, 0.3) is 0 Å². The number of anilines is 1. The van der Waals surface area contributed by atoms with Gasteiger partial charge in [-0.1, -0.05) is 49.7 Å². The molecule has 0 aliphatic carbocycles. The zero-order valence-electron chi connectivity index (χ0n) is 17.8. The fourth-order valence-corrected chi connectivity index (χ4v) is 3.96. The molecule has 3 rings (SSSR count). The summed E-state index contributed by atoms with van der Waals surface area (Å²) in [5, 5.41) is 14.8. The Morgan fingerprint density at radius 3 is 2.68 bits per heavy atom. The second kappa shape index (κ2) is 9.53. The van der Waals surface area contributed by atoms with Gasteiger partial charge >= 0.3 is 6.03 Å². The van der Waals surface area contributed by atoms with Crippen LogP contribution in [0.3, 0.4) is 0 Å². The van der Waals surface area contributed by atoms with Gasteiger partial charge in [-0.3, -0.25) is 4.79 Å². The Labute approximate surface area is 186 Å². The highest BCUT2D eigenvalue weighted by Gasteiger charge is 2.53. The minimum absolute atomic E-state index is 0.148. The van der Waals surface area contributed by atoms with Gasteiger partial charge in [0.2, 0.25) is 5.91 Å². The minimum atomic E-state index is -0.929. The highest BCUT2D eigenvalue weighted by Crippen LogP contribution is 2.40. The number of hydrogen-bond acceptors (Lipinski definition) is 5. The zero-order chi connectivity index (χ0) is 22.6. The number of halogens is 1. The molecule has 0 spiro atoms. The van der Waals surface area contributed by atoms with E-state index in [1.807, 2.05) is 24.3 Å². The molecule has 1 aromatic carbocycles. The Hall–Kier alpha value is -2.84. The standard InChI is InChI=1S/C22H27ClN4O4/c1-14(2)15-6-4-5-7-16(15)22(12-27(13-22)21(30)24-8-9-28)20(29)26-17-11-25-19(23)10-18(17)31-3/h4-7,10-11,14,28H,8-9,12-13H2,1-3H3,(H,24,30)(H,26,29). The number of aliphatic hydroxyl groups is 1. The number of aliphatic hydroxyl groups excluding tert-OH is 1. The van der Waals surface area contributed by atoms with Gasteiger partial charge in [-0.2, -0.15) is 0 Å². The third-order valence-corrected chi connectivity index (χ3v) is 5.64. The van der Waals surface area contributed by atoms with Crippen LogP contribution in [0.4, 0.5) is 10.5 Å². The molecule has 1 aliphatic heterocycles. The number of pyridine rings is 1. The van der Waals surface area contributed by atoms with Gasteiger partial charge in [-0.25, -0.2) is 9.78 Å². The first-order valence-electron chi connectivity index (χ1n) is 10.1. The Bertz CT molecular complexity index is 960. The second-order valence-corrected chi connectivity index (χ2v) is 8.18. The summed E-state index contributed by atoms with van der Waals surface area (Å²) in [7, 11) is 1.49. The first-order valence-corrected chi connectivity index (χ1v) is 10.4. The summed E-state index contributed by atoms with van der Waals surface area (Å²) in [5.74, 6) is 0.344. The zero-order valence-corrected chi connectivity index (χ0v) is 18.6. The van der Waals surface area contributed by atoms with E-state index in [4.69, 9.17) is 21.4 Å². The molecule has 0 atom stereocenters. The van der Waals surface area contributed by atoms with E-state index >= 15 is 0 Å². The molecular formula is C22H27ClN4O4. The molecule has 0 unspecified atom stereocenters. The monoisotopic (exact) mass is 446 g/mol. The van der Waals surface area contributed by atoms with Crippen LogP contribution >= 0.6 is 11.6 Å². The van der Waals surface area contributed by atoms with E-state index in [2.05, 4.69) is 29.5 Å². The van der Waals surface area contributed by atoms with Gasteiger partial charge in [-0.15, -0.1) is 0 Å². The fourth-order valence-electron chi connectivity index (χ4n) is 3.81. The molecule has 2 aromatic rings. The van der Waals surface area contributed by atoms with Crippen LogP contribution in [0.2, 0.25) is 5.15 Å². The van der Waals surface area contributed by atoms with E-state index in [9.17, 15) is 9.59 Å². The number of likely N-dealkylation sites (tertiary alicyclic amines) is 1. The van der Waals surface area contributed by atoms with Crippen LogP contribution in [0.1, 0.15) is 30.9 Å². The average molecular weight is 447 g/mol. The number of carbonyl (C=O) groups excluding carboxylic acids is 2. The Morgan fingerprint density at radius 1 is 1.32 bits per heavy atom. The van der Waals surface area contributed by atoms with Crippen LogP contribution in [-0.2, 0) is 10.2 Å². The van der Waals surface area contributed by atoms with Crippen molar-refractivity contribution in [2.45, 2.75) is 25.2 Å². The molecule has 0 saturated carbocycles. The predicted octanol–water partition coefficient (Wildman–Crippen LogP) is 2.76. The quantitative estimate of drug-likeness (QED) is 0.567. The normalized spacial score (nSPS) is 14.7. The largest absolute Gasteiger partial charge is 0.494 e. The van der Waals surface area contributed by atoms with Crippen LogP contribution in [0.5, 0.6) is 5.75 Å². The SMILES string of the molecule is COc1cc(Cl)ncc1NC(=O)C1(c2ccccc2C(C)C)CN(C(=O)NCCO)C1. The molecule has 3 N–H and O–H groups in total. The summed E-state index contributed by atoms with van der Waals surface area (Å²) < 4.78 is 5.33. The van der Waals surface area contributed by atoms with E-state index in [0.717, 1.165) is 11.1 Å². The van der Waals surface area contributed by atoms with Gasteiger partial charge in [0.05, 0.1) is 19.9 Å². The molecule has 1 fully saturated rings. The molecule has 0 radical (unpaired) electrons. The summed E-state index contributed by atoms with van der Waals surface area (Å²) in [6.07, 6.45) is 1.45. The predicted molar refractivity (Wildman–Crippen MR) is 119 cm³/mol. The number of nitrogens with one attached hydrogen (secondary N) is 2. The lowest BCUT2D eigenvalue weighted by Gasteiger charge is -2.49. The van der Waals surface area contributed by atoms with E-state index in [-0.39, 0.29) is 49.3 Å². The minimum Gasteiger partial charge on any atom is -0.494 e. The summed E-state index contributed by atoms with van der Waals surface area (Å²) in [6.45, 7) is 4.57. The molecule has 1 saturated heterocycles. The maximum absolute atomic E-state index is 13.6. The molecule has 1 aliphatic rings. The molecule has 9 heteroatoms. The molecule has 8 nitrogen and oxygen atoms in total. The number of aromatic nitrogens is 1. The first-order chi connectivity index (χ1) is 14.8. The average Bonchev–Trinajstić information content (AvgIpc) is 2.73. The number of urea groups is 1. The van der Waals surface area contributed by atoms with Crippen molar-refractivity contribution < 1.29 is 19.4 Å². The lowest BCUT2D eigenvalue weighted by Crippen LogP contribution is -2.68. The van der Waals surface area contributed by atoms with Crippen molar-refractivity contribution in [3.8, 4) is 5.75 Å². The van der Waals surface area contributed by atoms with E-state index < -0.39 is 5.41 Å². The maximum Gasteiger partial charge on any atom is 0.317 e. The number of hydrogen-bond donors (Lipinski definition) is 3. The van der Waals surface area contributed by atoms with Crippen molar-refractivity contribution in [3.63, 3.8) is 0 Å². The van der Waals surface area contributed by atoms with Crippen molar-refractivity contribution in [1.82, 2.24) is 15.2 Å². The number of amides is 3. The molecule has 2 heterocycles. The van der Waals surface area contributed by atoms with Crippen LogP contribution < -0.4 is 15.4 Å². The Morgan fingerprint density at radius 2 is 2.03 bits per heavy atom. The first kappa shape index (κ1) is 22.8. The van der Waals surface area contributed by atoms with Gasteiger partial charge < -0.3 is 25.4 Å². The number of benzene rings is 1. The van der Waals surface area contributed by atoms with Gasteiger partial charge in [0, 0.05) is 25.7 Å². The molecule has 166 valence electrons. The highest BCUT2D eigenvalue weighted by atomic mass is 35.5. The van der Waals surface area contributed by atoms with E-state index in [1.54, 1.807) is 4.90 Å². The van der Waals surface area contributed by atoms with Crippen LogP contribution in [0, 0.1) is 0 Å². The van der Waals surface area contributed by atoms with Gasteiger partial charge in [-0.05, 0) is 17.0 Å². The molecule has 0 bridgehead atoms. The van der Waals surface area contributed by atoms with Gasteiger partial charge in [0.25, 0.3) is 0 Å². The second-order valence-electron chi connectivity index (χ2n) is 7.80. The molecule has 31 heavy (non-hydrogen) atoms. The third-order valence-electron chi connectivity index (χ3n) is 5.43. The Balaban J connectivity index is 1.95. The fraction of sp³-hybridized carbons (Fsp3) is 0.409. The van der Waals surface area contributed by atoms with Crippen LogP contribution in [-0.4, -0.2) is 60.3 Å². The summed E-state index contributed by atoms with van der Waals surface area (Å²) in [6, 6.07) is 9.01. The van der Waals surface area contributed by atoms with Crippen molar-refractivity contribution >= 4 is 29.2 Å². The number of nitrogens with zero attached hydrogens (tertiary/aromatic N) is 2. The van der Waals surface area contributed by atoms with E-state index in [1.165, 1.54) is 19.4 Å². The Kier molecular flexibility index (Phi) is 7.02. The third kappa shape index (κ3) is 4.60. The summed E-state index contributed by atoms with van der Waals surface area (Å²) >= 11 is 5.93. The highest BCUT2D eigenvalue weighted by molar-refractivity contribution is 6.29. The van der Waals surface area contributed by atoms with E-state index in [0.29, 0.717) is 11.4 Å². The van der Waals surface area contributed by atoms with Gasteiger partial charge in [0.1, 0.15) is 22.0 Å². The number of methoxy groups -OCH3 is 1. The molecule has 3 amide bonds. The van der Waals surface area contributed by atoms with Crippen molar-refractivity contribution in [3.05, 3.63) is 52.8 Å². The smallest absolute Gasteiger partial charge is 0.317 e. The number of carbonyl (C=O) groups is 2. The summed E-state index contributed by atoms with van der Waals surface area (Å²) in [4.78, 5) is 31.6. The molecule has 1 aromatic heterocycles. The topological polar surface area (TPSA) is 104 Å². The lowest BCUT2D eigenvalue weighted by molar-refractivity contribution is -0.126. The van der Waals surface area contributed by atoms with Crippen molar-refractivity contribution in [1.29, 1.82) is 0 Å². The van der Waals surface area contributed by atoms with Crippen molar-refractivity contribution in [2.75, 3.05) is 38.7 Å². The van der Waals surface area contributed by atoms with Gasteiger partial charge in [0.15, 0.2) is 0 Å². The summed E-state index contributed by atoms with van der Waals surface area (Å²) in [5.41, 5.74) is 1.41. The number of ether oxygens (including phenoxy) is 1. The molecular weight excluding hydrogens is 420 g/mol. The lowest BCUT2D eigenvalue weighted by atomic mass is 9.69. The number of rotatable bonds is 7. The van der Waals surface area contributed by atoms with Crippen LogP contribution in [0.15, 0.2) is 36.5 Å².